The Morgan fingerprint density at radius 2 is 1.06 bits per heavy atom. The van der Waals surface area contributed by atoms with Gasteiger partial charge in [-0.25, -0.2) is 0 Å². The maximum atomic E-state index is 10.3. The van der Waals surface area contributed by atoms with E-state index < -0.39 is 5.97 Å². The second kappa shape index (κ2) is 25.5. The Bertz CT molecular complexity index is 418. The van der Waals surface area contributed by atoms with Crippen molar-refractivity contribution in [1.82, 2.24) is 0 Å². The number of carboxylic acids is 1. The van der Waals surface area contributed by atoms with E-state index in [1.54, 1.807) is 0 Å². The molecule has 0 radical (unpaired) electrons. The van der Waals surface area contributed by atoms with Crippen molar-refractivity contribution in [2.45, 2.75) is 158 Å². The molecule has 0 aromatic carbocycles. The number of hydrogen-bond acceptors (Lipinski definition) is 2. The van der Waals surface area contributed by atoms with Crippen LogP contribution in [0.3, 0.4) is 0 Å². The zero-order valence-corrected chi connectivity index (χ0v) is 24.8. The molecule has 0 amide bonds. The minimum Gasteiger partial charge on any atom is -0.550 e. The summed E-state index contributed by atoms with van der Waals surface area (Å²) in [6.07, 6.45) is 22.3. The monoisotopic (exact) mass is 484 g/mol. The largest absolute Gasteiger partial charge is 0.550 e. The lowest BCUT2D eigenvalue weighted by atomic mass is 10.00. The summed E-state index contributed by atoms with van der Waals surface area (Å²) >= 11 is 0. The molecule has 0 aliphatic carbocycles. The van der Waals surface area contributed by atoms with Gasteiger partial charge in [0, 0.05) is 5.97 Å². The molecule has 34 heavy (non-hydrogen) atoms. The van der Waals surface area contributed by atoms with Gasteiger partial charge in [-0.1, -0.05) is 105 Å². The van der Waals surface area contributed by atoms with Gasteiger partial charge in [-0.15, -0.1) is 0 Å². The summed E-state index contributed by atoms with van der Waals surface area (Å²) in [6, 6.07) is 0. The maximum Gasteiger partial charge on any atom is 0.0786 e. The smallest absolute Gasteiger partial charge is 0.0786 e. The van der Waals surface area contributed by atoms with E-state index >= 15 is 0 Å². The van der Waals surface area contributed by atoms with Gasteiger partial charge in [0.15, 0.2) is 0 Å². The quantitative estimate of drug-likeness (QED) is 0.108. The second-order valence-corrected chi connectivity index (χ2v) is 11.1. The molecule has 1 unspecified atom stereocenters. The third-order valence-electron chi connectivity index (χ3n) is 7.72. The summed E-state index contributed by atoms with van der Waals surface area (Å²) in [4.78, 5) is 10.3. The van der Waals surface area contributed by atoms with Gasteiger partial charge in [0.2, 0.25) is 0 Å². The number of carboxylic acid groups (broad SMARTS) is 1. The van der Waals surface area contributed by atoms with E-state index in [2.05, 4.69) is 41.5 Å². The Kier molecular flexibility index (Phi) is 26.7. The molecular weight excluding hydrogens is 418 g/mol. The van der Waals surface area contributed by atoms with Crippen molar-refractivity contribution >= 4 is 5.97 Å². The summed E-state index contributed by atoms with van der Waals surface area (Å²) in [5.74, 6) is -0.232. The second-order valence-electron chi connectivity index (χ2n) is 11.1. The fourth-order valence-electron chi connectivity index (χ4n) is 4.84. The molecule has 0 fully saturated rings. The van der Waals surface area contributed by atoms with Gasteiger partial charge >= 0.3 is 0 Å². The average molecular weight is 484 g/mol. The summed E-state index contributed by atoms with van der Waals surface area (Å²) in [5, 5.41) is 10.3. The standard InChI is InChI=1S/C23H50N.C8H16O2/c1-6-9-10-11-12-13-15-18-21-24(7-2,8-3)22-19-16-14-17-20-23(4)5;1-3-5-6-7(4-2)8(9)10/h23H,6-22H2,1-5H3;7H,3-6H2,1-2H3,(H,9,10)/q+1;/p-1. The van der Waals surface area contributed by atoms with Crippen molar-refractivity contribution in [3.05, 3.63) is 0 Å². The Balaban J connectivity index is 0. The van der Waals surface area contributed by atoms with E-state index in [9.17, 15) is 9.90 Å². The summed E-state index contributed by atoms with van der Waals surface area (Å²) < 4.78 is 1.38. The molecule has 0 aliphatic rings. The lowest BCUT2D eigenvalue weighted by molar-refractivity contribution is -0.925. The lowest BCUT2D eigenvalue weighted by Gasteiger charge is -2.37. The molecule has 0 rings (SSSR count). The lowest BCUT2D eigenvalue weighted by Crippen LogP contribution is -2.49. The minimum atomic E-state index is -0.893. The van der Waals surface area contributed by atoms with Crippen LogP contribution in [0.4, 0.5) is 0 Å². The van der Waals surface area contributed by atoms with E-state index in [-0.39, 0.29) is 5.92 Å². The van der Waals surface area contributed by atoms with E-state index in [0.717, 1.165) is 25.2 Å². The molecule has 0 spiro atoms. The normalized spacial score (nSPS) is 12.5. The molecular formula is C31H65NO2. The molecule has 0 bridgehead atoms. The van der Waals surface area contributed by atoms with Gasteiger partial charge in [-0.2, -0.15) is 0 Å². The van der Waals surface area contributed by atoms with Crippen LogP contribution in [-0.4, -0.2) is 36.6 Å². The van der Waals surface area contributed by atoms with Crippen molar-refractivity contribution in [3.63, 3.8) is 0 Å². The SMILES string of the molecule is CCCCC(CC)C(=O)[O-].CCCCCCCCCC[N+](CC)(CC)CCCCCCC(C)C. The molecule has 0 N–H and O–H groups in total. The first kappa shape index (κ1) is 35.6. The van der Waals surface area contributed by atoms with Crippen LogP contribution >= 0.6 is 0 Å². The van der Waals surface area contributed by atoms with Gasteiger partial charge in [0.05, 0.1) is 26.2 Å². The van der Waals surface area contributed by atoms with Gasteiger partial charge in [0.1, 0.15) is 0 Å². The number of carbonyl (C=O) groups is 1. The highest BCUT2D eigenvalue weighted by atomic mass is 16.4. The van der Waals surface area contributed by atoms with Gasteiger partial charge < -0.3 is 14.4 Å². The first-order valence-corrected chi connectivity index (χ1v) is 15.4. The number of aliphatic carboxylic acids is 1. The van der Waals surface area contributed by atoms with Crippen LogP contribution < -0.4 is 5.11 Å². The number of quaternary nitrogens is 1. The molecule has 0 heterocycles. The summed E-state index contributed by atoms with van der Waals surface area (Å²) in [6.45, 7) is 21.3. The van der Waals surface area contributed by atoms with Crippen molar-refractivity contribution in [3.8, 4) is 0 Å². The summed E-state index contributed by atoms with van der Waals surface area (Å²) in [5.41, 5.74) is 0. The number of nitrogens with zero attached hydrogens (tertiary/aromatic N) is 1. The molecule has 0 saturated heterocycles. The Morgan fingerprint density at radius 3 is 1.44 bits per heavy atom. The van der Waals surface area contributed by atoms with Crippen molar-refractivity contribution in [2.75, 3.05) is 26.2 Å². The molecule has 0 aliphatic heterocycles. The van der Waals surface area contributed by atoms with Crippen LogP contribution in [0, 0.1) is 11.8 Å². The molecule has 0 aromatic rings. The van der Waals surface area contributed by atoms with Crippen molar-refractivity contribution < 1.29 is 14.4 Å². The van der Waals surface area contributed by atoms with Crippen LogP contribution in [0.15, 0.2) is 0 Å². The van der Waals surface area contributed by atoms with Crippen LogP contribution in [-0.2, 0) is 4.79 Å². The number of rotatable bonds is 23. The molecule has 1 atom stereocenters. The third kappa shape index (κ3) is 21.9. The van der Waals surface area contributed by atoms with Crippen molar-refractivity contribution in [2.24, 2.45) is 11.8 Å². The Hall–Kier alpha value is -0.570. The Labute approximate surface area is 216 Å². The van der Waals surface area contributed by atoms with E-state index in [4.69, 9.17) is 0 Å². The fourth-order valence-corrected chi connectivity index (χ4v) is 4.84. The zero-order valence-electron chi connectivity index (χ0n) is 24.8. The van der Waals surface area contributed by atoms with Crippen molar-refractivity contribution in [1.29, 1.82) is 0 Å². The van der Waals surface area contributed by atoms with Crippen LogP contribution in [0.1, 0.15) is 158 Å². The highest BCUT2D eigenvalue weighted by molar-refractivity contribution is 5.67. The van der Waals surface area contributed by atoms with E-state index in [1.165, 1.54) is 114 Å². The Morgan fingerprint density at radius 1 is 0.618 bits per heavy atom. The number of carbonyl (C=O) groups excluding carboxylic acids is 1. The highest BCUT2D eigenvalue weighted by Gasteiger charge is 2.21. The predicted octanol–water partition coefficient (Wildman–Crippen LogP) is 8.54. The van der Waals surface area contributed by atoms with E-state index in [0.29, 0.717) is 6.42 Å². The van der Waals surface area contributed by atoms with Gasteiger partial charge in [-0.05, 0) is 64.2 Å². The third-order valence-corrected chi connectivity index (χ3v) is 7.72. The molecule has 206 valence electrons. The first-order chi connectivity index (χ1) is 16.3. The highest BCUT2D eigenvalue weighted by Crippen LogP contribution is 2.16. The first-order valence-electron chi connectivity index (χ1n) is 15.4. The van der Waals surface area contributed by atoms with Crippen LogP contribution in [0.25, 0.3) is 0 Å². The topological polar surface area (TPSA) is 40.1 Å². The minimum absolute atomic E-state index is 0.222. The number of unbranched alkanes of at least 4 members (excludes halogenated alkanes) is 11. The summed E-state index contributed by atoms with van der Waals surface area (Å²) in [7, 11) is 0. The molecule has 0 aromatic heterocycles. The molecule has 0 saturated carbocycles. The molecule has 3 nitrogen and oxygen atoms in total. The van der Waals surface area contributed by atoms with Crippen LogP contribution in [0.2, 0.25) is 0 Å². The number of hydrogen-bond donors (Lipinski definition) is 0. The van der Waals surface area contributed by atoms with Gasteiger partial charge in [-0.3, -0.25) is 0 Å². The fraction of sp³-hybridized carbons (Fsp3) is 0.968. The van der Waals surface area contributed by atoms with Gasteiger partial charge in [0.25, 0.3) is 0 Å². The zero-order chi connectivity index (χ0) is 26.1. The maximum absolute atomic E-state index is 10.3. The van der Waals surface area contributed by atoms with Crippen LogP contribution in [0.5, 0.6) is 0 Å². The molecule has 3 heteroatoms. The predicted molar refractivity (Wildman–Crippen MR) is 150 cm³/mol. The van der Waals surface area contributed by atoms with E-state index in [1.807, 2.05) is 6.92 Å². The average Bonchev–Trinajstić information content (AvgIpc) is 2.82.